The molecule has 0 saturated carbocycles. The Morgan fingerprint density at radius 3 is 2.76 bits per heavy atom. The molecule has 2 saturated heterocycles. The molecule has 2 fully saturated rings. The van der Waals surface area contributed by atoms with Gasteiger partial charge in [-0.2, -0.15) is 0 Å². The molecule has 0 spiro atoms. The van der Waals surface area contributed by atoms with Crippen molar-refractivity contribution in [1.29, 1.82) is 0 Å². The summed E-state index contributed by atoms with van der Waals surface area (Å²) in [7, 11) is 0. The van der Waals surface area contributed by atoms with E-state index in [1.165, 1.54) is 5.39 Å². The van der Waals surface area contributed by atoms with Crippen LogP contribution in [-0.2, 0) is 16.1 Å². The van der Waals surface area contributed by atoms with E-state index in [-0.39, 0.29) is 5.91 Å². The molecule has 1 amide bonds. The van der Waals surface area contributed by atoms with E-state index in [0.29, 0.717) is 18.7 Å². The molecule has 1 aromatic heterocycles. The van der Waals surface area contributed by atoms with Crippen LogP contribution in [0.25, 0.3) is 10.9 Å². The fourth-order valence-electron chi connectivity index (χ4n) is 4.18. The molecule has 5 nitrogen and oxygen atoms in total. The van der Waals surface area contributed by atoms with Gasteiger partial charge in [-0.15, -0.1) is 0 Å². The predicted molar refractivity (Wildman–Crippen MR) is 98.5 cm³/mol. The second kappa shape index (κ2) is 7.18. The number of hydrogen-bond acceptors (Lipinski definition) is 3. The standard InChI is InChI=1S/C20H27N3O2/c1-16-14-22(12-13-25-16)18-7-10-21(11-8-18)20(24)15-23-9-6-17-4-2-3-5-19(17)23/h2-6,9,16,18H,7-8,10-15H2,1H3. The molecule has 2 aliphatic heterocycles. The van der Waals surface area contributed by atoms with Gasteiger partial charge in [0.15, 0.2) is 0 Å². The van der Waals surface area contributed by atoms with Crippen LogP contribution in [0, 0.1) is 0 Å². The lowest BCUT2D eigenvalue weighted by molar-refractivity contribution is -0.133. The van der Waals surface area contributed by atoms with E-state index < -0.39 is 0 Å². The second-order valence-electron chi connectivity index (χ2n) is 7.29. The molecular formula is C20H27N3O2. The molecule has 0 aliphatic carbocycles. The quantitative estimate of drug-likeness (QED) is 0.860. The molecule has 1 unspecified atom stereocenters. The molecule has 3 heterocycles. The van der Waals surface area contributed by atoms with Crippen LogP contribution in [0.5, 0.6) is 0 Å². The molecule has 0 N–H and O–H groups in total. The number of amides is 1. The highest BCUT2D eigenvalue weighted by Gasteiger charge is 2.29. The molecule has 4 rings (SSSR count). The van der Waals surface area contributed by atoms with Crippen molar-refractivity contribution in [2.45, 2.75) is 38.5 Å². The lowest BCUT2D eigenvalue weighted by Crippen LogP contribution is -2.52. The minimum atomic E-state index is 0.232. The summed E-state index contributed by atoms with van der Waals surface area (Å²) in [5, 5.41) is 1.19. The number of rotatable bonds is 3. The number of morpholine rings is 1. The Morgan fingerprint density at radius 2 is 1.96 bits per heavy atom. The fourth-order valence-corrected chi connectivity index (χ4v) is 4.18. The van der Waals surface area contributed by atoms with E-state index in [9.17, 15) is 4.79 Å². The maximum atomic E-state index is 12.7. The van der Waals surface area contributed by atoms with Gasteiger partial charge in [0, 0.05) is 43.9 Å². The predicted octanol–water partition coefficient (Wildman–Crippen LogP) is 2.35. The Kier molecular flexibility index (Phi) is 4.77. The van der Waals surface area contributed by atoms with Gasteiger partial charge in [-0.3, -0.25) is 9.69 Å². The van der Waals surface area contributed by atoms with Crippen LogP contribution in [0.4, 0.5) is 0 Å². The van der Waals surface area contributed by atoms with Gasteiger partial charge in [0.05, 0.1) is 12.7 Å². The first kappa shape index (κ1) is 16.6. The number of carbonyl (C=O) groups excluding carboxylic acids is 1. The van der Waals surface area contributed by atoms with Gasteiger partial charge >= 0.3 is 0 Å². The number of hydrogen-bond donors (Lipinski definition) is 0. The smallest absolute Gasteiger partial charge is 0.242 e. The summed E-state index contributed by atoms with van der Waals surface area (Å²) >= 11 is 0. The molecule has 5 heteroatoms. The van der Waals surface area contributed by atoms with Gasteiger partial charge < -0.3 is 14.2 Å². The zero-order valence-corrected chi connectivity index (χ0v) is 14.9. The zero-order valence-electron chi connectivity index (χ0n) is 14.9. The Morgan fingerprint density at radius 1 is 1.16 bits per heavy atom. The molecule has 1 aromatic carbocycles. The van der Waals surface area contributed by atoms with Crippen molar-refractivity contribution in [3.63, 3.8) is 0 Å². The number of piperidine rings is 1. The average molecular weight is 341 g/mol. The van der Waals surface area contributed by atoms with Gasteiger partial charge in [0.25, 0.3) is 0 Å². The Bertz CT molecular complexity index is 733. The highest BCUT2D eigenvalue weighted by Crippen LogP contribution is 2.20. The van der Waals surface area contributed by atoms with Gasteiger partial charge in [-0.25, -0.2) is 0 Å². The monoisotopic (exact) mass is 341 g/mol. The highest BCUT2D eigenvalue weighted by atomic mass is 16.5. The summed E-state index contributed by atoms with van der Waals surface area (Å²) in [4.78, 5) is 17.3. The van der Waals surface area contributed by atoms with Gasteiger partial charge in [-0.1, -0.05) is 18.2 Å². The Labute approximate surface area is 149 Å². The number of ether oxygens (including phenoxy) is 1. The number of likely N-dealkylation sites (tertiary alicyclic amines) is 1. The van der Waals surface area contributed by atoms with E-state index in [0.717, 1.165) is 51.1 Å². The van der Waals surface area contributed by atoms with Gasteiger partial charge in [0.1, 0.15) is 6.54 Å². The summed E-state index contributed by atoms with van der Waals surface area (Å²) in [5.74, 6) is 0.232. The number of aromatic nitrogens is 1. The van der Waals surface area contributed by atoms with Crippen molar-refractivity contribution in [1.82, 2.24) is 14.4 Å². The molecular weight excluding hydrogens is 314 g/mol. The minimum absolute atomic E-state index is 0.232. The average Bonchev–Trinajstić information content (AvgIpc) is 3.05. The van der Waals surface area contributed by atoms with Crippen LogP contribution >= 0.6 is 0 Å². The molecule has 0 radical (unpaired) electrons. The number of para-hydroxylation sites is 1. The Balaban J connectivity index is 1.33. The topological polar surface area (TPSA) is 37.7 Å². The summed E-state index contributed by atoms with van der Waals surface area (Å²) in [5.41, 5.74) is 1.13. The van der Waals surface area contributed by atoms with Gasteiger partial charge in [0.2, 0.25) is 5.91 Å². The number of fused-ring (bicyclic) bond motifs is 1. The van der Waals surface area contributed by atoms with Crippen molar-refractivity contribution >= 4 is 16.8 Å². The summed E-state index contributed by atoms with van der Waals surface area (Å²) < 4.78 is 7.71. The minimum Gasteiger partial charge on any atom is -0.376 e. The lowest BCUT2D eigenvalue weighted by atomic mass is 10.0. The number of nitrogens with zero attached hydrogens (tertiary/aromatic N) is 3. The maximum Gasteiger partial charge on any atom is 0.242 e. The summed E-state index contributed by atoms with van der Waals surface area (Å²) in [6, 6.07) is 10.9. The second-order valence-corrected chi connectivity index (χ2v) is 7.29. The van der Waals surface area contributed by atoms with Crippen molar-refractivity contribution in [3.05, 3.63) is 36.5 Å². The van der Waals surface area contributed by atoms with Crippen molar-refractivity contribution in [2.75, 3.05) is 32.8 Å². The lowest BCUT2D eigenvalue weighted by Gasteiger charge is -2.41. The first-order valence-corrected chi connectivity index (χ1v) is 9.38. The van der Waals surface area contributed by atoms with E-state index in [1.807, 2.05) is 23.2 Å². The largest absolute Gasteiger partial charge is 0.376 e. The summed E-state index contributed by atoms with van der Waals surface area (Å²) in [6.07, 6.45) is 4.50. The third-order valence-electron chi connectivity index (χ3n) is 5.59. The van der Waals surface area contributed by atoms with Gasteiger partial charge in [-0.05, 0) is 37.3 Å². The van der Waals surface area contributed by atoms with Crippen molar-refractivity contribution in [3.8, 4) is 0 Å². The van der Waals surface area contributed by atoms with Crippen molar-refractivity contribution < 1.29 is 9.53 Å². The van der Waals surface area contributed by atoms with Crippen LogP contribution in [0.15, 0.2) is 36.5 Å². The number of benzene rings is 1. The third-order valence-corrected chi connectivity index (χ3v) is 5.59. The SMILES string of the molecule is CC1CN(C2CCN(C(=O)Cn3ccc4ccccc43)CC2)CCO1. The molecule has 1 atom stereocenters. The highest BCUT2D eigenvalue weighted by molar-refractivity contribution is 5.83. The zero-order chi connectivity index (χ0) is 17.2. The molecule has 25 heavy (non-hydrogen) atoms. The normalized spacial score (nSPS) is 23.2. The summed E-state index contributed by atoms with van der Waals surface area (Å²) in [6.45, 7) is 7.20. The van der Waals surface area contributed by atoms with E-state index in [2.05, 4.69) is 34.6 Å². The molecule has 2 aliphatic rings. The van der Waals surface area contributed by atoms with Crippen LogP contribution < -0.4 is 0 Å². The number of carbonyl (C=O) groups is 1. The Hall–Kier alpha value is -1.85. The first-order valence-electron chi connectivity index (χ1n) is 9.38. The molecule has 0 bridgehead atoms. The van der Waals surface area contributed by atoms with E-state index >= 15 is 0 Å². The first-order chi connectivity index (χ1) is 12.2. The fraction of sp³-hybridized carbons (Fsp3) is 0.550. The molecule has 134 valence electrons. The third kappa shape index (κ3) is 3.58. The van der Waals surface area contributed by atoms with E-state index in [4.69, 9.17) is 4.74 Å². The van der Waals surface area contributed by atoms with Crippen LogP contribution in [-0.4, -0.2) is 65.2 Å². The van der Waals surface area contributed by atoms with E-state index in [1.54, 1.807) is 0 Å². The molecule has 2 aromatic rings. The van der Waals surface area contributed by atoms with Crippen molar-refractivity contribution in [2.24, 2.45) is 0 Å². The van der Waals surface area contributed by atoms with Crippen LogP contribution in [0.3, 0.4) is 0 Å². The van der Waals surface area contributed by atoms with Crippen LogP contribution in [0.2, 0.25) is 0 Å². The van der Waals surface area contributed by atoms with Crippen LogP contribution in [0.1, 0.15) is 19.8 Å². The maximum absolute atomic E-state index is 12.7.